The zero-order chi connectivity index (χ0) is 24.3. The van der Waals surface area contributed by atoms with Gasteiger partial charge in [0.2, 0.25) is 0 Å². The van der Waals surface area contributed by atoms with Crippen molar-refractivity contribution in [3.05, 3.63) is 76.3 Å². The van der Waals surface area contributed by atoms with Gasteiger partial charge in [-0.05, 0) is 32.0 Å². The molecule has 3 aromatic rings. The molecule has 0 spiro atoms. The van der Waals surface area contributed by atoms with Gasteiger partial charge in [-0.25, -0.2) is 9.97 Å². The van der Waals surface area contributed by atoms with E-state index < -0.39 is 7.14 Å². The summed E-state index contributed by atoms with van der Waals surface area (Å²) in [6.45, 7) is 7.70. The molecule has 1 aromatic heterocycles. The van der Waals surface area contributed by atoms with Crippen molar-refractivity contribution >= 4 is 29.7 Å². The van der Waals surface area contributed by atoms with Crippen LogP contribution in [0.5, 0.6) is 5.75 Å². The van der Waals surface area contributed by atoms with Crippen molar-refractivity contribution in [3.63, 3.8) is 0 Å². The molecule has 180 valence electrons. The smallest absolute Gasteiger partial charge is 0.133 e. The van der Waals surface area contributed by atoms with Crippen LogP contribution in [0, 0.1) is 0 Å². The van der Waals surface area contributed by atoms with Gasteiger partial charge in [-0.15, -0.1) is 0 Å². The van der Waals surface area contributed by atoms with E-state index in [2.05, 4.69) is 40.0 Å². The van der Waals surface area contributed by atoms with E-state index in [9.17, 15) is 4.57 Å². The first kappa shape index (κ1) is 24.7. The molecule has 0 radical (unpaired) electrons. The van der Waals surface area contributed by atoms with E-state index in [1.54, 1.807) is 26.6 Å². The van der Waals surface area contributed by atoms with Crippen LogP contribution < -0.4 is 14.9 Å². The molecular weight excluding hydrogens is 467 g/mol. The van der Waals surface area contributed by atoms with Crippen LogP contribution in [-0.2, 0) is 17.4 Å². The number of hydrogen-bond acceptors (Lipinski definition) is 6. The second-order valence-electron chi connectivity index (χ2n) is 9.20. The monoisotopic (exact) mass is 498 g/mol. The van der Waals surface area contributed by atoms with E-state index in [0.717, 1.165) is 54.1 Å². The van der Waals surface area contributed by atoms with Gasteiger partial charge in [0.25, 0.3) is 0 Å². The van der Waals surface area contributed by atoms with Gasteiger partial charge < -0.3 is 19.1 Å². The topological polar surface area (TPSA) is 58.6 Å². The number of hydrogen-bond donors (Lipinski definition) is 0. The van der Waals surface area contributed by atoms with Gasteiger partial charge in [-0.1, -0.05) is 41.9 Å². The number of methoxy groups -OCH3 is 1. The summed E-state index contributed by atoms with van der Waals surface area (Å²) in [4.78, 5) is 14.0. The number of nitrogens with zero attached hydrogens (tertiary/aromatic N) is 4. The SMILES string of the molecule is COc1cc(N2CCN(C)CC2)ccc1Cc1ncc(Cl)c(Cc2ccccc2P(C)(C)=O)n1. The van der Waals surface area contributed by atoms with Crippen LogP contribution in [0.4, 0.5) is 5.69 Å². The fraction of sp³-hybridized carbons (Fsp3) is 0.385. The Balaban J connectivity index is 1.56. The highest BCUT2D eigenvalue weighted by Gasteiger charge is 2.19. The minimum atomic E-state index is -2.41. The molecule has 34 heavy (non-hydrogen) atoms. The largest absolute Gasteiger partial charge is 0.496 e. The summed E-state index contributed by atoms with van der Waals surface area (Å²) in [5.41, 5.74) is 3.92. The number of rotatable bonds is 7. The van der Waals surface area contributed by atoms with Crippen molar-refractivity contribution in [1.82, 2.24) is 14.9 Å². The van der Waals surface area contributed by atoms with Crippen molar-refractivity contribution in [2.45, 2.75) is 12.8 Å². The van der Waals surface area contributed by atoms with Crippen LogP contribution in [0.1, 0.15) is 22.6 Å². The third-order valence-electron chi connectivity index (χ3n) is 6.28. The molecule has 0 amide bonds. The molecule has 1 aliphatic rings. The second kappa shape index (κ2) is 10.5. The predicted octanol–water partition coefficient (Wildman–Crippen LogP) is 4.32. The summed E-state index contributed by atoms with van der Waals surface area (Å²) in [6.07, 6.45) is 2.71. The number of halogens is 1. The van der Waals surface area contributed by atoms with Crippen LogP contribution >= 0.6 is 18.7 Å². The van der Waals surface area contributed by atoms with Crippen LogP contribution in [0.2, 0.25) is 5.02 Å². The molecule has 0 saturated carbocycles. The fourth-order valence-electron chi connectivity index (χ4n) is 4.33. The summed E-state index contributed by atoms with van der Waals surface area (Å²) < 4.78 is 18.5. The first-order valence-electron chi connectivity index (χ1n) is 11.5. The molecule has 4 rings (SSSR count). The molecule has 0 atom stereocenters. The Morgan fingerprint density at radius 2 is 1.76 bits per heavy atom. The lowest BCUT2D eigenvalue weighted by atomic mass is 10.1. The van der Waals surface area contributed by atoms with Gasteiger partial charge in [0.1, 0.15) is 18.7 Å². The van der Waals surface area contributed by atoms with E-state index >= 15 is 0 Å². The van der Waals surface area contributed by atoms with Gasteiger partial charge in [0.05, 0.1) is 17.8 Å². The van der Waals surface area contributed by atoms with Gasteiger partial charge in [-0.3, -0.25) is 0 Å². The van der Waals surface area contributed by atoms with Crippen molar-refractivity contribution in [1.29, 1.82) is 0 Å². The average molecular weight is 499 g/mol. The third-order valence-corrected chi connectivity index (χ3v) is 8.20. The first-order valence-corrected chi connectivity index (χ1v) is 14.5. The Hall–Kier alpha value is -2.40. The molecule has 0 aliphatic carbocycles. The normalized spacial score (nSPS) is 14.9. The maximum atomic E-state index is 12.8. The number of likely N-dealkylation sites (N-methyl/N-ethyl adjacent to an activating group) is 1. The Bertz CT molecular complexity index is 1210. The van der Waals surface area contributed by atoms with Gasteiger partial charge in [0.15, 0.2) is 0 Å². The Labute approximate surface area is 207 Å². The van der Waals surface area contributed by atoms with Gasteiger partial charge >= 0.3 is 0 Å². The lowest BCUT2D eigenvalue weighted by molar-refractivity contribution is 0.312. The van der Waals surface area contributed by atoms with E-state index in [0.29, 0.717) is 23.7 Å². The number of benzene rings is 2. The first-order chi connectivity index (χ1) is 16.2. The minimum absolute atomic E-state index is 0.510. The Morgan fingerprint density at radius 3 is 2.47 bits per heavy atom. The molecular formula is C26H32ClN4O2P. The second-order valence-corrected chi connectivity index (χ2v) is 12.8. The maximum absolute atomic E-state index is 12.8. The lowest BCUT2D eigenvalue weighted by Crippen LogP contribution is -2.44. The molecule has 8 heteroatoms. The molecule has 1 fully saturated rings. The number of piperazine rings is 1. The number of ether oxygens (including phenoxy) is 1. The predicted molar refractivity (Wildman–Crippen MR) is 141 cm³/mol. The molecule has 0 unspecified atom stereocenters. The molecule has 0 N–H and O–H groups in total. The van der Waals surface area contributed by atoms with Crippen LogP contribution in [0.15, 0.2) is 48.7 Å². The van der Waals surface area contributed by atoms with E-state index in [4.69, 9.17) is 21.3 Å². The molecule has 2 aromatic carbocycles. The fourth-order valence-corrected chi connectivity index (χ4v) is 5.78. The highest BCUT2D eigenvalue weighted by atomic mass is 35.5. The molecule has 6 nitrogen and oxygen atoms in total. The average Bonchev–Trinajstić information content (AvgIpc) is 2.81. The molecule has 1 saturated heterocycles. The number of anilines is 1. The summed E-state index contributed by atoms with van der Waals surface area (Å²) in [6, 6.07) is 14.2. The standard InChI is InChI=1S/C26H32ClN4O2P/c1-30-11-13-31(14-12-30)21-10-9-19(24(17-21)33-2)16-26-28-18-22(27)23(29-26)15-20-7-5-6-8-25(20)34(3,4)32/h5-10,17-18H,11-16H2,1-4H3. The van der Waals surface area contributed by atoms with E-state index in [-0.39, 0.29) is 0 Å². The van der Waals surface area contributed by atoms with E-state index in [1.165, 1.54) is 5.69 Å². The highest BCUT2D eigenvalue weighted by molar-refractivity contribution is 7.70. The van der Waals surface area contributed by atoms with Crippen molar-refractivity contribution in [2.75, 3.05) is 58.6 Å². The maximum Gasteiger partial charge on any atom is 0.133 e. The van der Waals surface area contributed by atoms with Crippen LogP contribution in [0.3, 0.4) is 0 Å². The lowest BCUT2D eigenvalue weighted by Gasteiger charge is -2.34. The van der Waals surface area contributed by atoms with Crippen molar-refractivity contribution < 1.29 is 9.30 Å². The van der Waals surface area contributed by atoms with Crippen molar-refractivity contribution in [3.8, 4) is 5.75 Å². The summed E-state index contributed by atoms with van der Waals surface area (Å²) in [5, 5.41) is 1.38. The summed E-state index contributed by atoms with van der Waals surface area (Å²) in [5.74, 6) is 1.51. The zero-order valence-electron chi connectivity index (χ0n) is 20.3. The van der Waals surface area contributed by atoms with Crippen LogP contribution in [0.25, 0.3) is 0 Å². The number of aromatic nitrogens is 2. The Kier molecular flexibility index (Phi) is 7.61. The minimum Gasteiger partial charge on any atom is -0.496 e. The quantitative estimate of drug-likeness (QED) is 0.452. The molecule has 0 bridgehead atoms. The third kappa shape index (κ3) is 5.80. The van der Waals surface area contributed by atoms with Gasteiger partial charge in [0, 0.05) is 67.8 Å². The van der Waals surface area contributed by atoms with Gasteiger partial charge in [-0.2, -0.15) is 0 Å². The molecule has 1 aliphatic heterocycles. The summed E-state index contributed by atoms with van der Waals surface area (Å²) in [7, 11) is 1.44. The van der Waals surface area contributed by atoms with Crippen molar-refractivity contribution in [2.24, 2.45) is 0 Å². The molecule has 2 heterocycles. The van der Waals surface area contributed by atoms with Crippen LogP contribution in [-0.4, -0.2) is 68.5 Å². The Morgan fingerprint density at radius 1 is 1.03 bits per heavy atom. The summed E-state index contributed by atoms with van der Waals surface area (Å²) >= 11 is 6.46. The van der Waals surface area contributed by atoms with E-state index in [1.807, 2.05) is 24.3 Å². The zero-order valence-corrected chi connectivity index (χ0v) is 21.9. The highest BCUT2D eigenvalue weighted by Crippen LogP contribution is 2.36.